The van der Waals surface area contributed by atoms with Crippen molar-refractivity contribution in [3.63, 3.8) is 0 Å². The third kappa shape index (κ3) is 4.22. The summed E-state index contributed by atoms with van der Waals surface area (Å²) < 4.78 is 43.7. The highest BCUT2D eigenvalue weighted by atomic mass is 35.5. The van der Waals surface area contributed by atoms with E-state index < -0.39 is 17.8 Å². The largest absolute Gasteiger partial charge is 0.472 e. The fourth-order valence-electron chi connectivity index (χ4n) is 2.63. The topological polar surface area (TPSA) is 42.4 Å². The van der Waals surface area contributed by atoms with E-state index in [1.807, 2.05) is 0 Å². The first-order chi connectivity index (χ1) is 11.8. The number of aromatic nitrogens is 1. The van der Waals surface area contributed by atoms with Crippen LogP contribution in [0.2, 0.25) is 5.02 Å². The first-order valence-electron chi connectivity index (χ1n) is 7.57. The van der Waals surface area contributed by atoms with Gasteiger partial charge in [0.05, 0.1) is 12.1 Å². The van der Waals surface area contributed by atoms with Gasteiger partial charge >= 0.3 is 6.18 Å². The van der Waals surface area contributed by atoms with Crippen LogP contribution in [-0.2, 0) is 6.18 Å². The van der Waals surface area contributed by atoms with E-state index in [2.05, 4.69) is 4.98 Å². The van der Waals surface area contributed by atoms with E-state index >= 15 is 0 Å². The van der Waals surface area contributed by atoms with Crippen LogP contribution in [-0.4, -0.2) is 35.0 Å². The molecule has 1 fully saturated rings. The SMILES string of the molecule is O=C(c1cccc(Cl)c1)N1CCC(Oc2cc(C(F)(F)F)ccn2)C1. The number of hydrogen-bond acceptors (Lipinski definition) is 3. The van der Waals surface area contributed by atoms with E-state index in [-0.39, 0.29) is 18.3 Å². The van der Waals surface area contributed by atoms with Crippen LogP contribution in [0, 0.1) is 0 Å². The number of nitrogens with zero attached hydrogens (tertiary/aromatic N) is 2. The Bertz CT molecular complexity index is 782. The molecule has 1 aromatic heterocycles. The maximum Gasteiger partial charge on any atom is 0.416 e. The molecule has 3 rings (SSSR count). The van der Waals surface area contributed by atoms with E-state index in [4.69, 9.17) is 16.3 Å². The molecule has 1 aliphatic heterocycles. The predicted molar refractivity (Wildman–Crippen MR) is 85.6 cm³/mol. The summed E-state index contributed by atoms with van der Waals surface area (Å²) in [5.41, 5.74) is -0.354. The van der Waals surface area contributed by atoms with Crippen LogP contribution in [0.5, 0.6) is 5.88 Å². The van der Waals surface area contributed by atoms with Gasteiger partial charge in [-0.3, -0.25) is 4.79 Å². The number of carbonyl (C=O) groups excluding carboxylic acids is 1. The Morgan fingerprint density at radius 1 is 1.28 bits per heavy atom. The molecule has 132 valence electrons. The fourth-order valence-corrected chi connectivity index (χ4v) is 2.82. The summed E-state index contributed by atoms with van der Waals surface area (Å²) in [7, 11) is 0. The van der Waals surface area contributed by atoms with Crippen LogP contribution in [0.15, 0.2) is 42.6 Å². The van der Waals surface area contributed by atoms with Gasteiger partial charge in [-0.2, -0.15) is 13.2 Å². The molecule has 0 radical (unpaired) electrons. The molecule has 1 amide bonds. The van der Waals surface area contributed by atoms with E-state index in [0.717, 1.165) is 18.3 Å². The molecule has 8 heteroatoms. The number of halogens is 4. The van der Waals surface area contributed by atoms with Crippen LogP contribution in [0.25, 0.3) is 0 Å². The highest BCUT2D eigenvalue weighted by Gasteiger charge is 2.32. The Kier molecular flexibility index (Phi) is 4.85. The molecule has 1 aromatic carbocycles. The van der Waals surface area contributed by atoms with Crippen molar-refractivity contribution in [2.75, 3.05) is 13.1 Å². The maximum atomic E-state index is 12.7. The molecule has 4 nitrogen and oxygen atoms in total. The number of carbonyl (C=O) groups is 1. The zero-order valence-electron chi connectivity index (χ0n) is 13.0. The summed E-state index contributed by atoms with van der Waals surface area (Å²) in [4.78, 5) is 17.8. The molecule has 1 unspecified atom stereocenters. The Hall–Kier alpha value is -2.28. The number of hydrogen-bond donors (Lipinski definition) is 0. The lowest BCUT2D eigenvalue weighted by molar-refractivity contribution is -0.137. The van der Waals surface area contributed by atoms with E-state index in [0.29, 0.717) is 23.6 Å². The van der Waals surface area contributed by atoms with Crippen molar-refractivity contribution in [1.82, 2.24) is 9.88 Å². The lowest BCUT2D eigenvalue weighted by Crippen LogP contribution is -2.31. The Morgan fingerprint density at radius 2 is 2.08 bits per heavy atom. The van der Waals surface area contributed by atoms with Gasteiger partial charge in [0.25, 0.3) is 5.91 Å². The van der Waals surface area contributed by atoms with Crippen LogP contribution in [0.3, 0.4) is 0 Å². The summed E-state index contributed by atoms with van der Waals surface area (Å²) in [6.45, 7) is 0.734. The van der Waals surface area contributed by atoms with Gasteiger partial charge in [-0.05, 0) is 24.3 Å². The summed E-state index contributed by atoms with van der Waals surface area (Å²) >= 11 is 5.89. The zero-order valence-corrected chi connectivity index (χ0v) is 13.7. The highest BCUT2D eigenvalue weighted by Crippen LogP contribution is 2.31. The molecular weight excluding hydrogens is 357 g/mol. The molecule has 1 aliphatic rings. The van der Waals surface area contributed by atoms with Crippen LogP contribution >= 0.6 is 11.6 Å². The number of ether oxygens (including phenoxy) is 1. The molecule has 0 saturated carbocycles. The normalized spacial score (nSPS) is 17.6. The van der Waals surface area contributed by atoms with Gasteiger partial charge in [-0.15, -0.1) is 0 Å². The highest BCUT2D eigenvalue weighted by molar-refractivity contribution is 6.30. The van der Waals surface area contributed by atoms with Gasteiger partial charge in [0.2, 0.25) is 5.88 Å². The second kappa shape index (κ2) is 6.92. The predicted octanol–water partition coefficient (Wildman–Crippen LogP) is 4.05. The average molecular weight is 371 g/mol. The number of amides is 1. The van der Waals surface area contributed by atoms with Crippen molar-refractivity contribution in [2.45, 2.75) is 18.7 Å². The van der Waals surface area contributed by atoms with Crippen LogP contribution in [0.4, 0.5) is 13.2 Å². The van der Waals surface area contributed by atoms with Crippen molar-refractivity contribution in [3.05, 3.63) is 58.7 Å². The third-order valence-electron chi connectivity index (χ3n) is 3.85. The molecule has 2 heterocycles. The van der Waals surface area contributed by atoms with Crippen molar-refractivity contribution < 1.29 is 22.7 Å². The van der Waals surface area contributed by atoms with E-state index in [1.54, 1.807) is 29.2 Å². The molecule has 0 aliphatic carbocycles. The van der Waals surface area contributed by atoms with Crippen LogP contribution in [0.1, 0.15) is 22.3 Å². The second-order valence-electron chi connectivity index (χ2n) is 5.67. The number of benzene rings is 1. The molecule has 25 heavy (non-hydrogen) atoms. The average Bonchev–Trinajstić information content (AvgIpc) is 3.02. The summed E-state index contributed by atoms with van der Waals surface area (Å²) in [6, 6.07) is 8.35. The monoisotopic (exact) mass is 370 g/mol. The molecular formula is C17H14ClF3N2O2. The van der Waals surface area contributed by atoms with Gasteiger partial charge in [0.15, 0.2) is 0 Å². The summed E-state index contributed by atoms with van der Waals surface area (Å²) in [5, 5.41) is 0.464. The number of pyridine rings is 1. The molecule has 1 saturated heterocycles. The molecule has 0 bridgehead atoms. The second-order valence-corrected chi connectivity index (χ2v) is 6.11. The quantitative estimate of drug-likeness (QED) is 0.818. The fraction of sp³-hybridized carbons (Fsp3) is 0.294. The minimum Gasteiger partial charge on any atom is -0.472 e. The molecule has 0 N–H and O–H groups in total. The Labute approximate surface area is 147 Å². The van der Waals surface area contributed by atoms with Gasteiger partial charge in [0.1, 0.15) is 6.10 Å². The first-order valence-corrected chi connectivity index (χ1v) is 7.95. The lowest BCUT2D eigenvalue weighted by Gasteiger charge is -2.17. The maximum absolute atomic E-state index is 12.7. The summed E-state index contributed by atoms with van der Waals surface area (Å²) in [6.07, 6.45) is -3.28. The smallest absolute Gasteiger partial charge is 0.416 e. The number of likely N-dealkylation sites (tertiary alicyclic amines) is 1. The number of alkyl halides is 3. The minimum absolute atomic E-state index is 0.100. The lowest BCUT2D eigenvalue weighted by atomic mass is 10.2. The standard InChI is InChI=1S/C17H14ClF3N2O2/c18-13-3-1-2-11(8-13)16(24)23-7-5-14(10-23)25-15-9-12(4-6-22-15)17(19,20)21/h1-4,6,8-9,14H,5,7,10H2. The van der Waals surface area contributed by atoms with E-state index in [9.17, 15) is 18.0 Å². The molecule has 2 aromatic rings. The summed E-state index contributed by atoms with van der Waals surface area (Å²) in [5.74, 6) is -0.289. The van der Waals surface area contributed by atoms with Crippen molar-refractivity contribution >= 4 is 17.5 Å². The molecule has 1 atom stereocenters. The van der Waals surface area contributed by atoms with Crippen LogP contribution < -0.4 is 4.74 Å². The van der Waals surface area contributed by atoms with Crippen molar-refractivity contribution in [3.8, 4) is 5.88 Å². The van der Waals surface area contributed by atoms with Gasteiger partial charge in [0, 0.05) is 35.8 Å². The Morgan fingerprint density at radius 3 is 2.80 bits per heavy atom. The van der Waals surface area contributed by atoms with Gasteiger partial charge in [-0.1, -0.05) is 17.7 Å². The van der Waals surface area contributed by atoms with Crippen molar-refractivity contribution in [1.29, 1.82) is 0 Å². The third-order valence-corrected chi connectivity index (χ3v) is 4.09. The zero-order chi connectivity index (χ0) is 18.0. The Balaban J connectivity index is 1.65. The minimum atomic E-state index is -4.45. The van der Waals surface area contributed by atoms with E-state index in [1.165, 1.54) is 0 Å². The van der Waals surface area contributed by atoms with Crippen molar-refractivity contribution in [2.24, 2.45) is 0 Å². The van der Waals surface area contributed by atoms with Gasteiger partial charge in [-0.25, -0.2) is 4.98 Å². The number of rotatable bonds is 3. The first kappa shape index (κ1) is 17.5. The van der Waals surface area contributed by atoms with Gasteiger partial charge < -0.3 is 9.64 Å². The molecule has 0 spiro atoms.